The van der Waals surface area contributed by atoms with Crippen LogP contribution in [0.2, 0.25) is 0 Å². The van der Waals surface area contributed by atoms with Crippen molar-refractivity contribution in [1.82, 2.24) is 24.0 Å². The van der Waals surface area contributed by atoms with E-state index in [0.717, 1.165) is 22.1 Å². The number of hydrogen-bond acceptors (Lipinski definition) is 6. The van der Waals surface area contributed by atoms with Crippen molar-refractivity contribution in [1.29, 1.82) is 0 Å². The van der Waals surface area contributed by atoms with E-state index in [1.165, 1.54) is 25.2 Å². The molecule has 178 valence electrons. The third kappa shape index (κ3) is 5.65. The Morgan fingerprint density at radius 1 is 1.00 bits per heavy atom. The highest BCUT2D eigenvalue weighted by atomic mass is 16.6. The molecule has 1 atom stereocenters. The average Bonchev–Trinajstić information content (AvgIpc) is 3.29. The van der Waals surface area contributed by atoms with Gasteiger partial charge >= 0.3 is 11.6 Å². The number of nitrogens with one attached hydrogen (secondary N) is 1. The van der Waals surface area contributed by atoms with E-state index in [2.05, 4.69) is 89.5 Å². The minimum atomic E-state index is -0.760. The molecule has 0 fully saturated rings. The summed E-state index contributed by atoms with van der Waals surface area (Å²) in [5.74, 6) is -0.562. The second kappa shape index (κ2) is 10.7. The van der Waals surface area contributed by atoms with Gasteiger partial charge in [-0.15, -0.1) is 0 Å². The van der Waals surface area contributed by atoms with E-state index in [-0.39, 0.29) is 11.2 Å². The number of nitrogens with zero attached hydrogens (tertiary/aromatic N) is 5. The van der Waals surface area contributed by atoms with Gasteiger partial charge < -0.3 is 10.1 Å². The molecule has 0 saturated carbocycles. The lowest BCUT2D eigenvalue weighted by molar-refractivity contribution is -0.393. The summed E-state index contributed by atoms with van der Waals surface area (Å²) in [6.45, 7) is 3.30. The maximum absolute atomic E-state index is 11.6. The van der Waals surface area contributed by atoms with Crippen LogP contribution in [0.3, 0.4) is 0 Å². The monoisotopic (exact) mass is 464 g/mol. The molecule has 4 rings (SSSR count). The Morgan fingerprint density at radius 2 is 1.56 bits per heavy atom. The maximum atomic E-state index is 11.6. The fourth-order valence-corrected chi connectivity index (χ4v) is 3.54. The van der Waals surface area contributed by atoms with Gasteiger partial charge in [-0.2, -0.15) is 0 Å². The summed E-state index contributed by atoms with van der Waals surface area (Å²) in [6.07, 6.45) is 1.10. The van der Waals surface area contributed by atoms with E-state index < -0.39 is 22.1 Å². The summed E-state index contributed by atoms with van der Waals surface area (Å²) in [5, 5.41) is 10.5. The van der Waals surface area contributed by atoms with Crippen molar-refractivity contribution >= 4 is 17.1 Å². The molecule has 0 spiro atoms. The van der Waals surface area contributed by atoms with Crippen molar-refractivity contribution in [3.05, 3.63) is 103 Å². The third-order valence-corrected chi connectivity index (χ3v) is 5.66. The fourth-order valence-electron chi connectivity index (χ4n) is 3.54. The first-order valence-corrected chi connectivity index (χ1v) is 10.8. The Kier molecular flexibility index (Phi) is 7.75. The number of aryl methyl sites for hydroxylation is 1. The standard InChI is InChI=1S/C17H21N.C7H7N5O4/c1-15(13-16-9-5-3-6-10-16)18(2)14-17-11-7-4-8-12-17;1-10-4-3(5(13)11(2)7(10)14)8-6(9-4)12(15)16/h3-12,15H,13-14H2,1-2H3;1-2H3,(H,8,9). The van der Waals surface area contributed by atoms with E-state index in [1.54, 1.807) is 0 Å². The minimum absolute atomic E-state index is 0.0280. The smallest absolute Gasteiger partial charge is 0.390 e. The summed E-state index contributed by atoms with van der Waals surface area (Å²) in [6, 6.07) is 21.9. The van der Waals surface area contributed by atoms with Gasteiger partial charge in [0.1, 0.15) is 0 Å². The normalized spacial score (nSPS) is 11.8. The number of aromatic nitrogens is 4. The highest BCUT2D eigenvalue weighted by Gasteiger charge is 2.21. The van der Waals surface area contributed by atoms with Crippen molar-refractivity contribution in [3.8, 4) is 0 Å². The summed E-state index contributed by atoms with van der Waals surface area (Å²) in [5.41, 5.74) is 1.47. The van der Waals surface area contributed by atoms with Crippen LogP contribution in [0.25, 0.3) is 11.2 Å². The molecule has 0 aliphatic carbocycles. The molecule has 0 bridgehead atoms. The molecule has 2 aromatic carbocycles. The lowest BCUT2D eigenvalue weighted by Gasteiger charge is -2.24. The zero-order valence-electron chi connectivity index (χ0n) is 19.6. The van der Waals surface area contributed by atoms with Crippen LogP contribution in [0, 0.1) is 10.1 Å². The molecule has 2 heterocycles. The molecule has 4 aromatic rings. The van der Waals surface area contributed by atoms with Gasteiger partial charge in [0.25, 0.3) is 11.2 Å². The van der Waals surface area contributed by atoms with Gasteiger partial charge in [0.05, 0.1) is 0 Å². The van der Waals surface area contributed by atoms with Crippen LogP contribution in [0.4, 0.5) is 5.95 Å². The average molecular weight is 465 g/mol. The van der Waals surface area contributed by atoms with Crippen LogP contribution < -0.4 is 11.2 Å². The van der Waals surface area contributed by atoms with Crippen LogP contribution >= 0.6 is 0 Å². The first kappa shape index (κ1) is 24.6. The molecule has 0 amide bonds. The van der Waals surface area contributed by atoms with Crippen molar-refractivity contribution in [2.24, 2.45) is 14.1 Å². The number of likely N-dealkylation sites (N-methyl/N-ethyl adjacent to an activating group) is 1. The third-order valence-electron chi connectivity index (χ3n) is 5.66. The first-order valence-electron chi connectivity index (χ1n) is 10.8. The van der Waals surface area contributed by atoms with Crippen LogP contribution in [-0.2, 0) is 27.1 Å². The van der Waals surface area contributed by atoms with Gasteiger partial charge in [0.2, 0.25) is 5.52 Å². The Morgan fingerprint density at radius 3 is 2.12 bits per heavy atom. The predicted octanol–water partition coefficient (Wildman–Crippen LogP) is 2.62. The Labute approximate surface area is 196 Å². The molecule has 0 radical (unpaired) electrons. The fraction of sp³-hybridized carbons (Fsp3) is 0.292. The molecular weight excluding hydrogens is 436 g/mol. The Bertz CT molecular complexity index is 1330. The van der Waals surface area contributed by atoms with E-state index in [0.29, 0.717) is 6.04 Å². The van der Waals surface area contributed by atoms with E-state index in [4.69, 9.17) is 0 Å². The summed E-state index contributed by atoms with van der Waals surface area (Å²) < 4.78 is 1.92. The number of H-pyrrole nitrogens is 1. The van der Waals surface area contributed by atoms with Crippen molar-refractivity contribution in [3.63, 3.8) is 0 Å². The minimum Gasteiger partial charge on any atom is -0.390 e. The number of fused-ring (bicyclic) bond motifs is 1. The van der Waals surface area contributed by atoms with Gasteiger partial charge in [-0.05, 0) is 41.4 Å². The zero-order valence-corrected chi connectivity index (χ0v) is 19.6. The number of aromatic amines is 1. The lowest BCUT2D eigenvalue weighted by Crippen LogP contribution is -2.36. The zero-order chi connectivity index (χ0) is 24.8. The Balaban J connectivity index is 0.000000192. The number of rotatable bonds is 6. The SMILES string of the molecule is CC(Cc1ccccc1)N(C)Cc1ccccc1.Cn1c(=O)c2[nH]c([N+](=O)[O-])nc2n(C)c1=O. The predicted molar refractivity (Wildman–Crippen MR) is 131 cm³/mol. The van der Waals surface area contributed by atoms with Crippen LogP contribution in [-0.4, -0.2) is 42.0 Å². The second-order valence-electron chi connectivity index (χ2n) is 8.16. The molecular formula is C24H28N6O4. The van der Waals surface area contributed by atoms with Crippen LogP contribution in [0.15, 0.2) is 70.3 Å². The van der Waals surface area contributed by atoms with E-state index >= 15 is 0 Å². The van der Waals surface area contributed by atoms with Gasteiger partial charge in [0, 0.05) is 26.7 Å². The molecule has 10 heteroatoms. The molecule has 0 aliphatic rings. The Hall–Kier alpha value is -4.05. The summed E-state index contributed by atoms with van der Waals surface area (Å²) in [7, 11) is 4.87. The van der Waals surface area contributed by atoms with E-state index in [1.807, 2.05) is 0 Å². The summed E-state index contributed by atoms with van der Waals surface area (Å²) in [4.78, 5) is 41.0. The molecule has 0 aliphatic heterocycles. The molecule has 2 aromatic heterocycles. The molecule has 1 N–H and O–H groups in total. The van der Waals surface area contributed by atoms with Gasteiger partial charge in [-0.1, -0.05) is 60.7 Å². The topological polar surface area (TPSA) is 119 Å². The van der Waals surface area contributed by atoms with E-state index in [9.17, 15) is 19.7 Å². The van der Waals surface area contributed by atoms with Crippen LogP contribution in [0.5, 0.6) is 0 Å². The molecule has 10 nitrogen and oxygen atoms in total. The number of imidazole rings is 1. The molecule has 34 heavy (non-hydrogen) atoms. The number of hydrogen-bond donors (Lipinski definition) is 1. The van der Waals surface area contributed by atoms with Gasteiger partial charge in [-0.25, -0.2) is 9.78 Å². The van der Waals surface area contributed by atoms with Crippen LogP contribution in [0.1, 0.15) is 18.1 Å². The second-order valence-corrected chi connectivity index (χ2v) is 8.16. The number of benzene rings is 2. The molecule has 0 saturated heterocycles. The number of nitro groups is 1. The van der Waals surface area contributed by atoms with Gasteiger partial charge in [-0.3, -0.25) is 18.8 Å². The van der Waals surface area contributed by atoms with Crippen molar-refractivity contribution < 1.29 is 4.92 Å². The highest BCUT2D eigenvalue weighted by Crippen LogP contribution is 2.11. The maximum Gasteiger partial charge on any atom is 0.435 e. The largest absolute Gasteiger partial charge is 0.435 e. The van der Waals surface area contributed by atoms with Crippen molar-refractivity contribution in [2.45, 2.75) is 25.9 Å². The molecule has 1 unspecified atom stereocenters. The van der Waals surface area contributed by atoms with Crippen molar-refractivity contribution in [2.75, 3.05) is 7.05 Å². The van der Waals surface area contributed by atoms with Gasteiger partial charge in [0.15, 0.2) is 0 Å². The lowest BCUT2D eigenvalue weighted by atomic mass is 10.1. The first-order chi connectivity index (χ1) is 16.2. The summed E-state index contributed by atoms with van der Waals surface area (Å²) >= 11 is 0. The highest BCUT2D eigenvalue weighted by molar-refractivity contribution is 5.71. The quantitative estimate of drug-likeness (QED) is 0.346.